The van der Waals surface area contributed by atoms with Crippen molar-refractivity contribution in [2.45, 2.75) is 19.5 Å². The Morgan fingerprint density at radius 1 is 1.36 bits per heavy atom. The third kappa shape index (κ3) is 3.81. The average Bonchev–Trinajstić information content (AvgIpc) is 3.02. The number of ether oxygens (including phenoxy) is 1. The van der Waals surface area contributed by atoms with Crippen LogP contribution in [-0.2, 0) is 4.74 Å². The number of rotatable bonds is 5. The van der Waals surface area contributed by atoms with Crippen LogP contribution in [0.5, 0.6) is 0 Å². The van der Waals surface area contributed by atoms with E-state index in [9.17, 15) is 23.2 Å². The maximum Gasteiger partial charge on any atom is 0.323 e. The molecule has 0 saturated carbocycles. The van der Waals surface area contributed by atoms with E-state index >= 15 is 0 Å². The number of methoxy groups -OCH3 is 1. The molecule has 1 atom stereocenters. The fraction of sp³-hybridized carbons (Fsp3) is 0.250. The van der Waals surface area contributed by atoms with Gasteiger partial charge in [0.15, 0.2) is 11.8 Å². The third-order valence-corrected chi connectivity index (χ3v) is 3.91. The monoisotopic (exact) mass is 396 g/mol. The van der Waals surface area contributed by atoms with Crippen molar-refractivity contribution < 1.29 is 27.4 Å². The van der Waals surface area contributed by atoms with Gasteiger partial charge in [-0.3, -0.25) is 0 Å². The quantitative estimate of drug-likeness (QED) is 0.509. The number of nitrogens with one attached hydrogen (secondary N) is 2. The van der Waals surface area contributed by atoms with Gasteiger partial charge in [-0.05, 0) is 6.92 Å². The average molecular weight is 396 g/mol. The predicted molar refractivity (Wildman–Crippen MR) is 91.4 cm³/mol. The van der Waals surface area contributed by atoms with Gasteiger partial charge in [0.05, 0.1) is 29.4 Å². The highest BCUT2D eigenvalue weighted by Crippen LogP contribution is 2.26. The van der Waals surface area contributed by atoms with E-state index in [1.54, 1.807) is 6.92 Å². The van der Waals surface area contributed by atoms with E-state index in [2.05, 4.69) is 20.7 Å². The van der Waals surface area contributed by atoms with Gasteiger partial charge in [0.1, 0.15) is 0 Å². The Balaban J connectivity index is 1.88. The van der Waals surface area contributed by atoms with Crippen LogP contribution < -0.4 is 15.4 Å². The van der Waals surface area contributed by atoms with Gasteiger partial charge in [0, 0.05) is 25.3 Å². The Morgan fingerprint density at radius 3 is 2.79 bits per heavy atom. The van der Waals surface area contributed by atoms with Gasteiger partial charge in [0.25, 0.3) is 5.69 Å². The van der Waals surface area contributed by atoms with Crippen molar-refractivity contribution >= 4 is 23.1 Å². The number of aromatic nitrogens is 4. The number of pyridine rings is 1. The number of anilines is 2. The Bertz CT molecular complexity index is 1030. The number of carbonyl (C=O) groups excluding carboxylic acids is 1. The van der Waals surface area contributed by atoms with Crippen LogP contribution in [0.15, 0.2) is 30.6 Å². The zero-order valence-corrected chi connectivity index (χ0v) is 14.7. The first kappa shape index (κ1) is 19.4. The topological polar surface area (TPSA) is 107 Å². The van der Waals surface area contributed by atoms with Gasteiger partial charge in [0.2, 0.25) is 5.95 Å². The molecule has 0 fully saturated rings. The van der Waals surface area contributed by atoms with E-state index in [1.807, 2.05) is 0 Å². The van der Waals surface area contributed by atoms with Crippen molar-refractivity contribution in [2.24, 2.45) is 0 Å². The minimum Gasteiger partial charge on any atom is -0.618 e. The molecule has 2 N–H and O–H groups in total. The molecule has 1 unspecified atom stereocenters. The number of hydrogen-bond acceptors (Lipinski definition) is 5. The highest BCUT2D eigenvalue weighted by Gasteiger charge is 2.21. The lowest BCUT2D eigenvalue weighted by molar-refractivity contribution is -0.619. The number of hydrogen-bond donors (Lipinski definition) is 2. The lowest BCUT2D eigenvalue weighted by Crippen LogP contribution is -2.32. The van der Waals surface area contributed by atoms with Crippen molar-refractivity contribution in [1.82, 2.24) is 14.6 Å². The summed E-state index contributed by atoms with van der Waals surface area (Å²) in [7, 11) is 1.43. The SMILES string of the molecule is COC(C)c1c(NC(=O)Nc2cc[n+]([O-])c(C(F)F)c2)cnc2cc(F)nn12. The van der Waals surface area contributed by atoms with Gasteiger partial charge in [-0.2, -0.15) is 17.9 Å². The second-order valence-corrected chi connectivity index (χ2v) is 5.72. The van der Waals surface area contributed by atoms with E-state index in [1.165, 1.54) is 23.9 Å². The van der Waals surface area contributed by atoms with Gasteiger partial charge < -0.3 is 20.6 Å². The molecule has 0 saturated heterocycles. The summed E-state index contributed by atoms with van der Waals surface area (Å²) in [5, 5.41) is 19.8. The lowest BCUT2D eigenvalue weighted by Gasteiger charge is -2.17. The fourth-order valence-corrected chi connectivity index (χ4v) is 2.55. The van der Waals surface area contributed by atoms with Crippen molar-refractivity contribution in [2.75, 3.05) is 17.7 Å². The molecule has 28 heavy (non-hydrogen) atoms. The first-order valence-corrected chi connectivity index (χ1v) is 7.96. The van der Waals surface area contributed by atoms with Gasteiger partial charge in [-0.15, -0.1) is 5.10 Å². The van der Waals surface area contributed by atoms with E-state index in [4.69, 9.17) is 4.74 Å². The largest absolute Gasteiger partial charge is 0.618 e. The van der Waals surface area contributed by atoms with Crippen molar-refractivity contribution in [3.8, 4) is 0 Å². The number of amides is 2. The zero-order valence-electron chi connectivity index (χ0n) is 14.7. The summed E-state index contributed by atoms with van der Waals surface area (Å²) >= 11 is 0. The molecule has 2 amide bonds. The first-order chi connectivity index (χ1) is 13.3. The van der Waals surface area contributed by atoms with Crippen LogP contribution in [0.25, 0.3) is 5.65 Å². The van der Waals surface area contributed by atoms with E-state index in [0.29, 0.717) is 5.69 Å². The Hall–Kier alpha value is -3.41. The first-order valence-electron chi connectivity index (χ1n) is 7.96. The van der Waals surface area contributed by atoms with E-state index < -0.39 is 30.2 Å². The normalized spacial score (nSPS) is 12.4. The molecular formula is C16H15F3N6O3. The zero-order chi connectivity index (χ0) is 20.4. The molecule has 0 aromatic carbocycles. The van der Waals surface area contributed by atoms with Crippen LogP contribution in [0, 0.1) is 11.2 Å². The second kappa shape index (κ2) is 7.68. The second-order valence-electron chi connectivity index (χ2n) is 5.72. The maximum absolute atomic E-state index is 13.5. The predicted octanol–water partition coefficient (Wildman–Crippen LogP) is 2.79. The van der Waals surface area contributed by atoms with E-state index in [0.717, 1.165) is 18.3 Å². The number of halogens is 3. The molecule has 12 heteroatoms. The third-order valence-electron chi connectivity index (χ3n) is 3.91. The lowest BCUT2D eigenvalue weighted by atomic mass is 10.2. The molecule has 3 aromatic rings. The van der Waals surface area contributed by atoms with E-state index in [-0.39, 0.29) is 21.8 Å². The number of nitrogens with zero attached hydrogens (tertiary/aromatic N) is 4. The molecule has 0 aliphatic rings. The van der Waals surface area contributed by atoms with Crippen LogP contribution in [0.4, 0.5) is 29.3 Å². The smallest absolute Gasteiger partial charge is 0.323 e. The van der Waals surface area contributed by atoms with Gasteiger partial charge in [-0.25, -0.2) is 14.3 Å². The number of alkyl halides is 2. The summed E-state index contributed by atoms with van der Waals surface area (Å²) in [6.45, 7) is 1.66. The molecule has 148 valence electrons. The molecule has 3 heterocycles. The van der Waals surface area contributed by atoms with Crippen molar-refractivity contribution in [1.29, 1.82) is 0 Å². The molecule has 3 aromatic heterocycles. The van der Waals surface area contributed by atoms with Crippen molar-refractivity contribution in [3.63, 3.8) is 0 Å². The Labute approximate surface area is 156 Å². The van der Waals surface area contributed by atoms with Gasteiger partial charge >= 0.3 is 12.5 Å². The minimum atomic E-state index is -3.00. The molecule has 0 spiro atoms. The highest BCUT2D eigenvalue weighted by molar-refractivity contribution is 6.00. The minimum absolute atomic E-state index is 0.0102. The van der Waals surface area contributed by atoms with Crippen molar-refractivity contribution in [3.05, 3.63) is 53.1 Å². The van der Waals surface area contributed by atoms with Crippen LogP contribution in [-0.4, -0.2) is 27.7 Å². The van der Waals surface area contributed by atoms with Crippen LogP contribution >= 0.6 is 0 Å². The Morgan fingerprint density at radius 2 is 2.11 bits per heavy atom. The summed E-state index contributed by atoms with van der Waals surface area (Å²) in [6.07, 6.45) is -1.43. The Kier molecular flexibility index (Phi) is 5.31. The van der Waals surface area contributed by atoms with Crippen LogP contribution in [0.2, 0.25) is 0 Å². The highest BCUT2D eigenvalue weighted by atomic mass is 19.3. The molecule has 3 rings (SSSR count). The summed E-state index contributed by atoms with van der Waals surface area (Å²) in [4.78, 5) is 16.3. The summed E-state index contributed by atoms with van der Waals surface area (Å²) in [5.41, 5.74) is -0.106. The number of urea groups is 1. The summed E-state index contributed by atoms with van der Waals surface area (Å²) in [6, 6.07) is 2.35. The standard InChI is InChI=1S/C16H15F3N6O3/c1-8(28-2)14-10(7-20-13-6-12(17)23-25(13)14)22-16(26)21-9-3-4-24(27)11(5-9)15(18)19/h3-8,15H,1-2H3,(H2,21,22,26). The number of carbonyl (C=O) groups is 1. The molecule has 0 aliphatic heterocycles. The summed E-state index contributed by atoms with van der Waals surface area (Å²) < 4.78 is 45.6. The molecule has 0 bridgehead atoms. The maximum atomic E-state index is 13.5. The molecular weight excluding hydrogens is 381 g/mol. The molecule has 0 aliphatic carbocycles. The van der Waals surface area contributed by atoms with Crippen LogP contribution in [0.1, 0.15) is 30.8 Å². The molecule has 0 radical (unpaired) electrons. The van der Waals surface area contributed by atoms with Crippen LogP contribution in [0.3, 0.4) is 0 Å². The fourth-order valence-electron chi connectivity index (χ4n) is 2.55. The molecule has 9 nitrogen and oxygen atoms in total. The van der Waals surface area contributed by atoms with Gasteiger partial charge in [-0.1, -0.05) is 0 Å². The summed E-state index contributed by atoms with van der Waals surface area (Å²) in [5.74, 6) is -0.756. The number of fused-ring (bicyclic) bond motifs is 1.